The van der Waals surface area contributed by atoms with Crippen LogP contribution in [-0.2, 0) is 4.79 Å². The van der Waals surface area contributed by atoms with Crippen molar-refractivity contribution in [1.29, 1.82) is 0 Å². The van der Waals surface area contributed by atoms with E-state index in [-0.39, 0.29) is 11.7 Å². The van der Waals surface area contributed by atoms with Crippen molar-refractivity contribution in [3.05, 3.63) is 62.5 Å². The Morgan fingerprint density at radius 2 is 1.70 bits per heavy atom. The number of carbonyl (C=O) groups excluding carboxylic acids is 1. The van der Waals surface area contributed by atoms with Crippen LogP contribution in [0.4, 0.5) is 5.69 Å². The zero-order valence-corrected chi connectivity index (χ0v) is 16.0. The maximum atomic E-state index is 12.0. The highest BCUT2D eigenvalue weighted by Gasteiger charge is 2.07. The van der Waals surface area contributed by atoms with Crippen LogP contribution in [0.15, 0.2) is 51.4 Å². The van der Waals surface area contributed by atoms with Gasteiger partial charge in [0.05, 0.1) is 8.95 Å². The van der Waals surface area contributed by atoms with E-state index in [1.807, 2.05) is 12.1 Å². The third-order valence-corrected chi connectivity index (χ3v) is 4.52. The van der Waals surface area contributed by atoms with E-state index in [4.69, 9.17) is 0 Å². The number of carbonyl (C=O) groups is 1. The van der Waals surface area contributed by atoms with Gasteiger partial charge in [-0.2, -0.15) is 0 Å². The topological polar surface area (TPSA) is 49.3 Å². The minimum Gasteiger partial charge on any atom is -0.506 e. The van der Waals surface area contributed by atoms with Crippen molar-refractivity contribution in [2.75, 3.05) is 5.32 Å². The lowest BCUT2D eigenvalue weighted by Gasteiger charge is -2.06. The summed E-state index contributed by atoms with van der Waals surface area (Å²) in [6, 6.07) is 11.4. The molecule has 2 aromatic carbocycles. The quantitative estimate of drug-likeness (QED) is 0.475. The van der Waals surface area contributed by atoms with Gasteiger partial charge < -0.3 is 10.4 Å². The summed E-state index contributed by atoms with van der Waals surface area (Å²) in [5.74, 6) is 0.355. The molecular weight excluding hydrogens is 422 g/mol. The maximum Gasteiger partial charge on any atom is 0.248 e. The first-order valence-corrected chi connectivity index (χ1v) is 8.72. The predicted molar refractivity (Wildman–Crippen MR) is 102 cm³/mol. The number of hydrogen-bond donors (Lipinski definition) is 2. The normalized spacial score (nSPS) is 11.2. The fourth-order valence-corrected chi connectivity index (χ4v) is 3.17. The molecule has 3 nitrogen and oxygen atoms in total. The second-order valence-corrected chi connectivity index (χ2v) is 7.14. The second-order valence-electron chi connectivity index (χ2n) is 5.43. The van der Waals surface area contributed by atoms with Crippen LogP contribution < -0.4 is 5.32 Å². The first-order valence-electron chi connectivity index (χ1n) is 7.14. The fourth-order valence-electron chi connectivity index (χ4n) is 1.99. The largest absolute Gasteiger partial charge is 0.506 e. The van der Waals surface area contributed by atoms with Gasteiger partial charge in [0.15, 0.2) is 0 Å². The number of nitrogens with one attached hydrogen (secondary N) is 1. The van der Waals surface area contributed by atoms with Gasteiger partial charge in [-0.3, -0.25) is 4.79 Å². The van der Waals surface area contributed by atoms with E-state index in [2.05, 4.69) is 63.2 Å². The van der Waals surface area contributed by atoms with Crippen LogP contribution in [0.2, 0.25) is 0 Å². The van der Waals surface area contributed by atoms with E-state index in [0.717, 1.165) is 5.56 Å². The lowest BCUT2D eigenvalue weighted by atomic mass is 10.0. The molecule has 0 fully saturated rings. The van der Waals surface area contributed by atoms with Crippen molar-refractivity contribution < 1.29 is 9.90 Å². The van der Waals surface area contributed by atoms with Crippen LogP contribution in [0.1, 0.15) is 30.9 Å². The summed E-state index contributed by atoms with van der Waals surface area (Å²) in [6.07, 6.45) is 3.25. The monoisotopic (exact) mass is 437 g/mol. The fraction of sp³-hybridized carbons (Fsp3) is 0.167. The molecule has 23 heavy (non-hydrogen) atoms. The standard InChI is InChI=1S/C18H17Br2NO2/c1-11(2)13-6-3-12(4-7-13)5-8-17(22)21-14-9-15(19)18(23)16(20)10-14/h3-11,23H,1-2H3,(H,21,22). The number of benzene rings is 2. The van der Waals surface area contributed by atoms with E-state index < -0.39 is 0 Å². The number of amides is 1. The minimum atomic E-state index is -0.234. The molecule has 0 aliphatic carbocycles. The minimum absolute atomic E-state index is 0.101. The second kappa shape index (κ2) is 7.79. The SMILES string of the molecule is CC(C)c1ccc(C=CC(=O)Nc2cc(Br)c(O)c(Br)c2)cc1. The van der Waals surface area contributed by atoms with E-state index in [0.29, 0.717) is 20.6 Å². The molecule has 0 saturated heterocycles. The summed E-state index contributed by atoms with van der Waals surface area (Å²) in [5.41, 5.74) is 2.83. The number of halogens is 2. The third-order valence-electron chi connectivity index (χ3n) is 3.31. The Balaban J connectivity index is 2.04. The first-order chi connectivity index (χ1) is 10.9. The first kappa shape index (κ1) is 17.8. The Hall–Kier alpha value is -1.59. The summed E-state index contributed by atoms with van der Waals surface area (Å²) < 4.78 is 1.02. The Bertz CT molecular complexity index is 714. The molecule has 2 rings (SSSR count). The molecular formula is C18H17Br2NO2. The predicted octanol–water partition coefficient (Wildman–Crippen LogP) is 5.69. The van der Waals surface area contributed by atoms with E-state index in [1.54, 1.807) is 18.2 Å². The van der Waals surface area contributed by atoms with Crippen LogP contribution in [0.5, 0.6) is 5.75 Å². The number of phenols is 1. The molecule has 0 saturated carbocycles. The molecule has 0 atom stereocenters. The molecule has 120 valence electrons. The van der Waals surface area contributed by atoms with Crippen LogP contribution in [0, 0.1) is 0 Å². The number of rotatable bonds is 4. The summed E-state index contributed by atoms with van der Waals surface area (Å²) in [5, 5.41) is 12.4. The van der Waals surface area contributed by atoms with E-state index in [9.17, 15) is 9.90 Å². The molecule has 0 aromatic heterocycles. The summed E-state index contributed by atoms with van der Waals surface area (Å²) >= 11 is 6.46. The van der Waals surface area contributed by atoms with Crippen LogP contribution in [0.25, 0.3) is 6.08 Å². The Labute approximate surface area is 152 Å². The van der Waals surface area contributed by atoms with Gasteiger partial charge in [-0.05, 0) is 67.1 Å². The molecule has 0 spiro atoms. The molecule has 0 unspecified atom stereocenters. The van der Waals surface area contributed by atoms with Crippen LogP contribution in [0.3, 0.4) is 0 Å². The van der Waals surface area contributed by atoms with Gasteiger partial charge in [-0.1, -0.05) is 38.1 Å². The molecule has 2 aromatic rings. The summed E-state index contributed by atoms with van der Waals surface area (Å²) in [6.45, 7) is 4.29. The lowest BCUT2D eigenvalue weighted by molar-refractivity contribution is -0.111. The number of anilines is 1. The van der Waals surface area contributed by atoms with Crippen molar-refractivity contribution in [1.82, 2.24) is 0 Å². The highest BCUT2D eigenvalue weighted by Crippen LogP contribution is 2.35. The average Bonchev–Trinajstić information content (AvgIpc) is 2.51. The van der Waals surface area contributed by atoms with Gasteiger partial charge in [0.2, 0.25) is 5.91 Å². The Morgan fingerprint density at radius 3 is 2.22 bits per heavy atom. The van der Waals surface area contributed by atoms with Crippen molar-refractivity contribution in [2.24, 2.45) is 0 Å². The van der Waals surface area contributed by atoms with Gasteiger partial charge in [-0.25, -0.2) is 0 Å². The van der Waals surface area contributed by atoms with Crippen LogP contribution >= 0.6 is 31.9 Å². The van der Waals surface area contributed by atoms with Gasteiger partial charge >= 0.3 is 0 Å². The zero-order chi connectivity index (χ0) is 17.0. The third kappa shape index (κ3) is 4.94. The molecule has 2 N–H and O–H groups in total. The number of hydrogen-bond acceptors (Lipinski definition) is 2. The van der Waals surface area contributed by atoms with Gasteiger partial charge in [-0.15, -0.1) is 0 Å². The summed E-state index contributed by atoms with van der Waals surface area (Å²) in [4.78, 5) is 12.0. The average molecular weight is 439 g/mol. The highest BCUT2D eigenvalue weighted by molar-refractivity contribution is 9.11. The number of phenolic OH excluding ortho intramolecular Hbond substituents is 1. The van der Waals surface area contributed by atoms with E-state index >= 15 is 0 Å². The van der Waals surface area contributed by atoms with Gasteiger partial charge in [0.1, 0.15) is 5.75 Å². The molecule has 5 heteroatoms. The van der Waals surface area contributed by atoms with Gasteiger partial charge in [0, 0.05) is 11.8 Å². The Morgan fingerprint density at radius 1 is 1.13 bits per heavy atom. The Kier molecular flexibility index (Phi) is 6.02. The van der Waals surface area contributed by atoms with Crippen LogP contribution in [-0.4, -0.2) is 11.0 Å². The molecule has 0 aliphatic heterocycles. The lowest BCUT2D eigenvalue weighted by Crippen LogP contribution is -2.07. The van der Waals surface area contributed by atoms with Crippen molar-refractivity contribution >= 4 is 49.5 Å². The molecule has 1 amide bonds. The highest BCUT2D eigenvalue weighted by atomic mass is 79.9. The van der Waals surface area contributed by atoms with Gasteiger partial charge in [0.25, 0.3) is 0 Å². The molecule has 0 bridgehead atoms. The zero-order valence-electron chi connectivity index (χ0n) is 12.8. The number of aromatic hydroxyl groups is 1. The molecule has 0 aliphatic rings. The smallest absolute Gasteiger partial charge is 0.248 e. The summed E-state index contributed by atoms with van der Waals surface area (Å²) in [7, 11) is 0. The van der Waals surface area contributed by atoms with Crippen molar-refractivity contribution in [3.8, 4) is 5.75 Å². The van der Waals surface area contributed by atoms with Crippen molar-refractivity contribution in [2.45, 2.75) is 19.8 Å². The molecule has 0 heterocycles. The molecule has 0 radical (unpaired) electrons. The maximum absolute atomic E-state index is 12.0. The van der Waals surface area contributed by atoms with E-state index in [1.165, 1.54) is 11.6 Å². The van der Waals surface area contributed by atoms with Crippen molar-refractivity contribution in [3.63, 3.8) is 0 Å².